The third-order valence-electron chi connectivity index (χ3n) is 7.22. The molecule has 2 aromatic rings. The zero-order chi connectivity index (χ0) is 28.2. The molecule has 2 heterocycles. The quantitative estimate of drug-likeness (QED) is 0.506. The van der Waals surface area contributed by atoms with E-state index < -0.39 is 29.5 Å². The van der Waals surface area contributed by atoms with Gasteiger partial charge in [-0.3, -0.25) is 25.2 Å². The number of benzene rings is 2. The predicted molar refractivity (Wildman–Crippen MR) is 135 cm³/mol. The van der Waals surface area contributed by atoms with Gasteiger partial charge in [-0.05, 0) is 55.3 Å². The van der Waals surface area contributed by atoms with Gasteiger partial charge in [-0.2, -0.15) is 26.3 Å². The first kappa shape index (κ1) is 29.3. The third-order valence-corrected chi connectivity index (χ3v) is 7.22. The maximum absolute atomic E-state index is 13.7. The van der Waals surface area contributed by atoms with Gasteiger partial charge in [-0.1, -0.05) is 30.3 Å². The molecule has 0 bridgehead atoms. The Morgan fingerprint density at radius 2 is 1.49 bits per heavy atom. The topological polar surface area (TPSA) is 50.9 Å². The van der Waals surface area contributed by atoms with Gasteiger partial charge < -0.3 is 4.90 Å². The summed E-state index contributed by atoms with van der Waals surface area (Å²) in [6, 6.07) is 10.2. The van der Waals surface area contributed by atoms with Crippen molar-refractivity contribution >= 4 is 5.91 Å². The summed E-state index contributed by atoms with van der Waals surface area (Å²) in [5, 5.41) is 6.89. The summed E-state index contributed by atoms with van der Waals surface area (Å²) in [5.74, 6) is -0.258. The van der Waals surface area contributed by atoms with E-state index in [4.69, 9.17) is 0 Å². The molecule has 0 saturated carbocycles. The van der Waals surface area contributed by atoms with E-state index >= 15 is 0 Å². The molecule has 0 radical (unpaired) electrons. The van der Waals surface area contributed by atoms with Crippen molar-refractivity contribution in [2.24, 2.45) is 0 Å². The first-order valence-electron chi connectivity index (χ1n) is 13.0. The van der Waals surface area contributed by atoms with Gasteiger partial charge in [0.2, 0.25) is 5.91 Å². The maximum atomic E-state index is 13.7. The molecule has 2 aliphatic heterocycles. The fourth-order valence-electron chi connectivity index (χ4n) is 5.07. The SMILES string of the molecule is CN(CCc1cc(C(F)(F)F)cc(C(F)(F)F)c1)C(=O)C(c1ccccc1)N1CCN(C2NCCCN2)CC1. The molecule has 0 spiro atoms. The highest BCUT2D eigenvalue weighted by Gasteiger charge is 2.37. The number of carbonyl (C=O) groups is 1. The summed E-state index contributed by atoms with van der Waals surface area (Å²) in [6.07, 6.45) is -8.83. The first-order valence-corrected chi connectivity index (χ1v) is 13.0. The van der Waals surface area contributed by atoms with Crippen molar-refractivity contribution in [2.45, 2.75) is 37.5 Å². The molecule has 2 aliphatic rings. The van der Waals surface area contributed by atoms with Crippen molar-refractivity contribution in [3.05, 3.63) is 70.8 Å². The van der Waals surface area contributed by atoms with Crippen LogP contribution in [0.3, 0.4) is 0 Å². The molecular formula is C27H33F6N5O. The van der Waals surface area contributed by atoms with Gasteiger partial charge >= 0.3 is 12.4 Å². The molecule has 0 aromatic heterocycles. The first-order chi connectivity index (χ1) is 18.4. The number of amides is 1. The van der Waals surface area contributed by atoms with Crippen molar-refractivity contribution in [1.29, 1.82) is 0 Å². The van der Waals surface area contributed by atoms with Gasteiger partial charge in [0.15, 0.2) is 0 Å². The van der Waals surface area contributed by atoms with Crippen LogP contribution in [0.1, 0.15) is 34.7 Å². The third kappa shape index (κ3) is 7.50. The van der Waals surface area contributed by atoms with E-state index in [1.54, 1.807) is 0 Å². The molecule has 1 unspecified atom stereocenters. The molecule has 1 amide bonds. The number of hydrogen-bond donors (Lipinski definition) is 2. The van der Waals surface area contributed by atoms with Crippen LogP contribution in [-0.4, -0.2) is 79.8 Å². The standard InChI is InChI=1S/C27H33F6N5O/c1-36(11-8-19-16-21(26(28,29)30)18-22(17-19)27(31,32)33)24(39)23(20-6-3-2-4-7-20)37-12-14-38(15-13-37)25-34-9-5-10-35-25/h2-4,6-7,16-18,23,25,34-35H,5,8-15H2,1H3. The molecule has 6 nitrogen and oxygen atoms in total. The Bertz CT molecular complexity index is 1060. The fraction of sp³-hybridized carbons (Fsp3) is 0.519. The number of halogens is 6. The fourth-order valence-corrected chi connectivity index (χ4v) is 5.07. The highest BCUT2D eigenvalue weighted by molar-refractivity contribution is 5.83. The molecule has 214 valence electrons. The monoisotopic (exact) mass is 557 g/mol. The van der Waals surface area contributed by atoms with Crippen LogP contribution in [0, 0.1) is 0 Å². The zero-order valence-electron chi connectivity index (χ0n) is 21.7. The largest absolute Gasteiger partial charge is 0.416 e. The van der Waals surface area contributed by atoms with E-state index in [1.165, 1.54) is 11.9 Å². The van der Waals surface area contributed by atoms with Gasteiger partial charge in [0.05, 0.1) is 11.1 Å². The number of nitrogens with zero attached hydrogens (tertiary/aromatic N) is 3. The highest BCUT2D eigenvalue weighted by atomic mass is 19.4. The van der Waals surface area contributed by atoms with Crippen molar-refractivity contribution in [3.63, 3.8) is 0 Å². The Labute approximate surface area is 223 Å². The summed E-state index contributed by atoms with van der Waals surface area (Å²) >= 11 is 0. The number of likely N-dealkylation sites (N-methyl/N-ethyl adjacent to an activating group) is 1. The van der Waals surface area contributed by atoms with E-state index in [9.17, 15) is 31.1 Å². The van der Waals surface area contributed by atoms with Gasteiger partial charge in [-0.25, -0.2) is 0 Å². The number of hydrogen-bond acceptors (Lipinski definition) is 5. The van der Waals surface area contributed by atoms with E-state index in [2.05, 4.69) is 20.4 Å². The van der Waals surface area contributed by atoms with Crippen molar-refractivity contribution in [1.82, 2.24) is 25.3 Å². The van der Waals surface area contributed by atoms with Crippen molar-refractivity contribution < 1.29 is 31.1 Å². The van der Waals surface area contributed by atoms with Crippen LogP contribution in [0.15, 0.2) is 48.5 Å². The molecule has 39 heavy (non-hydrogen) atoms. The molecule has 2 aromatic carbocycles. The second kappa shape index (κ2) is 12.2. The summed E-state index contributed by atoms with van der Waals surface area (Å²) < 4.78 is 79.6. The Morgan fingerprint density at radius 3 is 2.03 bits per heavy atom. The molecule has 12 heteroatoms. The van der Waals surface area contributed by atoms with Crippen LogP contribution in [0.4, 0.5) is 26.3 Å². The number of nitrogens with one attached hydrogen (secondary N) is 2. The van der Waals surface area contributed by atoms with Crippen LogP contribution in [-0.2, 0) is 23.6 Å². The van der Waals surface area contributed by atoms with Gasteiger partial charge in [0, 0.05) is 39.8 Å². The van der Waals surface area contributed by atoms with E-state index in [0.717, 1.165) is 50.3 Å². The normalized spacial score (nSPS) is 19.2. The van der Waals surface area contributed by atoms with Crippen LogP contribution < -0.4 is 10.6 Å². The second-order valence-electron chi connectivity index (χ2n) is 9.97. The van der Waals surface area contributed by atoms with Gasteiger partial charge in [0.1, 0.15) is 12.3 Å². The predicted octanol–water partition coefficient (Wildman–Crippen LogP) is 3.95. The molecule has 2 saturated heterocycles. The zero-order valence-corrected chi connectivity index (χ0v) is 21.7. The second-order valence-corrected chi connectivity index (χ2v) is 9.97. The average Bonchev–Trinajstić information content (AvgIpc) is 2.92. The summed E-state index contributed by atoms with van der Waals surface area (Å²) in [4.78, 5) is 19.4. The summed E-state index contributed by atoms with van der Waals surface area (Å²) in [7, 11) is 1.53. The van der Waals surface area contributed by atoms with Crippen LogP contribution in [0.2, 0.25) is 0 Å². The van der Waals surface area contributed by atoms with Crippen LogP contribution in [0.5, 0.6) is 0 Å². The average molecular weight is 558 g/mol. The number of rotatable bonds is 7. The number of alkyl halides is 6. The Balaban J connectivity index is 1.47. The molecular weight excluding hydrogens is 524 g/mol. The van der Waals surface area contributed by atoms with E-state index in [-0.39, 0.29) is 36.8 Å². The Kier molecular flexibility index (Phi) is 9.20. The molecule has 1 atom stereocenters. The lowest BCUT2D eigenvalue weighted by Gasteiger charge is -2.43. The highest BCUT2D eigenvalue weighted by Crippen LogP contribution is 2.36. The van der Waals surface area contributed by atoms with Crippen LogP contribution >= 0.6 is 0 Å². The maximum Gasteiger partial charge on any atom is 0.416 e. The van der Waals surface area contributed by atoms with Crippen LogP contribution in [0.25, 0.3) is 0 Å². The summed E-state index contributed by atoms with van der Waals surface area (Å²) in [5.41, 5.74) is -2.06. The number of carbonyl (C=O) groups excluding carboxylic acids is 1. The van der Waals surface area contributed by atoms with E-state index in [1.807, 2.05) is 30.3 Å². The molecule has 4 rings (SSSR count). The number of piperazine rings is 1. The molecule has 0 aliphatic carbocycles. The lowest BCUT2D eigenvalue weighted by atomic mass is 10.0. The minimum atomic E-state index is -4.92. The smallest absolute Gasteiger partial charge is 0.344 e. The molecule has 2 fully saturated rings. The Hall–Kier alpha value is -2.67. The molecule has 2 N–H and O–H groups in total. The Morgan fingerprint density at radius 1 is 0.923 bits per heavy atom. The van der Waals surface area contributed by atoms with Gasteiger partial charge in [-0.15, -0.1) is 0 Å². The minimum Gasteiger partial charge on any atom is -0.344 e. The van der Waals surface area contributed by atoms with Gasteiger partial charge in [0.25, 0.3) is 0 Å². The van der Waals surface area contributed by atoms with Crippen molar-refractivity contribution in [2.75, 3.05) is 52.9 Å². The lowest BCUT2D eigenvalue weighted by molar-refractivity contribution is -0.143. The van der Waals surface area contributed by atoms with Crippen molar-refractivity contribution in [3.8, 4) is 0 Å². The van der Waals surface area contributed by atoms with E-state index in [0.29, 0.717) is 13.1 Å². The lowest BCUT2D eigenvalue weighted by Crippen LogP contribution is -2.63. The minimum absolute atomic E-state index is 0.0311. The summed E-state index contributed by atoms with van der Waals surface area (Å²) in [6.45, 7) is 4.55.